The van der Waals surface area contributed by atoms with Gasteiger partial charge in [-0.1, -0.05) is 24.3 Å². The first kappa shape index (κ1) is 18.0. The van der Waals surface area contributed by atoms with Crippen molar-refractivity contribution in [2.24, 2.45) is 0 Å². The van der Waals surface area contributed by atoms with E-state index in [1.807, 2.05) is 12.1 Å². The molecule has 0 unspecified atom stereocenters. The van der Waals surface area contributed by atoms with Gasteiger partial charge in [0.25, 0.3) is 5.91 Å². The lowest BCUT2D eigenvalue weighted by Crippen LogP contribution is -2.35. The Hall–Kier alpha value is -3.33. The number of benzene rings is 2. The SMILES string of the molecule is C[C@H](Oc1ccccc1)C(=O)O[C@H](C)C(=O)Nc1cccc(C#N)c1. The molecule has 2 aromatic rings. The fourth-order valence-electron chi connectivity index (χ4n) is 1.99. The lowest BCUT2D eigenvalue weighted by molar-refractivity contribution is -0.159. The van der Waals surface area contributed by atoms with Gasteiger partial charge in [-0.3, -0.25) is 4.79 Å². The van der Waals surface area contributed by atoms with Gasteiger partial charge in [0, 0.05) is 5.69 Å². The summed E-state index contributed by atoms with van der Waals surface area (Å²) in [5.74, 6) is -0.593. The van der Waals surface area contributed by atoms with Crippen molar-refractivity contribution in [1.29, 1.82) is 5.26 Å². The van der Waals surface area contributed by atoms with Gasteiger partial charge in [-0.25, -0.2) is 4.79 Å². The fourth-order valence-corrected chi connectivity index (χ4v) is 1.99. The molecule has 0 aliphatic carbocycles. The molecule has 0 radical (unpaired) electrons. The minimum Gasteiger partial charge on any atom is -0.479 e. The smallest absolute Gasteiger partial charge is 0.347 e. The van der Waals surface area contributed by atoms with E-state index in [-0.39, 0.29) is 0 Å². The van der Waals surface area contributed by atoms with E-state index in [1.54, 1.807) is 49.4 Å². The van der Waals surface area contributed by atoms with Crippen LogP contribution in [0, 0.1) is 11.3 Å². The van der Waals surface area contributed by atoms with Gasteiger partial charge in [0.05, 0.1) is 11.6 Å². The normalized spacial score (nSPS) is 12.4. The zero-order valence-electron chi connectivity index (χ0n) is 13.9. The van der Waals surface area contributed by atoms with Gasteiger partial charge in [0.15, 0.2) is 12.2 Å². The van der Waals surface area contributed by atoms with Crippen LogP contribution in [-0.4, -0.2) is 24.1 Å². The van der Waals surface area contributed by atoms with Gasteiger partial charge in [-0.2, -0.15) is 5.26 Å². The molecular formula is C19H18N2O4. The fraction of sp³-hybridized carbons (Fsp3) is 0.211. The third kappa shape index (κ3) is 5.36. The second kappa shape index (κ2) is 8.50. The van der Waals surface area contributed by atoms with Gasteiger partial charge in [0.1, 0.15) is 5.75 Å². The summed E-state index contributed by atoms with van der Waals surface area (Å²) in [6.45, 7) is 3.02. The Morgan fingerprint density at radius 3 is 2.44 bits per heavy atom. The third-order valence-electron chi connectivity index (χ3n) is 3.31. The van der Waals surface area contributed by atoms with E-state index < -0.39 is 24.1 Å². The van der Waals surface area contributed by atoms with Crippen molar-refractivity contribution >= 4 is 17.6 Å². The summed E-state index contributed by atoms with van der Waals surface area (Å²) in [6.07, 6.45) is -1.85. The highest BCUT2D eigenvalue weighted by Crippen LogP contribution is 2.13. The number of hydrogen-bond acceptors (Lipinski definition) is 5. The molecule has 2 rings (SSSR count). The zero-order chi connectivity index (χ0) is 18.2. The van der Waals surface area contributed by atoms with Crippen molar-refractivity contribution in [3.05, 3.63) is 60.2 Å². The Bertz CT molecular complexity index is 784. The maximum absolute atomic E-state index is 12.1. The lowest BCUT2D eigenvalue weighted by Gasteiger charge is -2.17. The molecule has 0 spiro atoms. The lowest BCUT2D eigenvalue weighted by atomic mass is 10.2. The minimum atomic E-state index is -1.000. The van der Waals surface area contributed by atoms with Crippen LogP contribution in [0.5, 0.6) is 5.75 Å². The number of nitriles is 1. The molecule has 6 nitrogen and oxygen atoms in total. The molecule has 2 aromatic carbocycles. The summed E-state index contributed by atoms with van der Waals surface area (Å²) >= 11 is 0. The first-order valence-corrected chi connectivity index (χ1v) is 7.73. The molecule has 0 saturated carbocycles. The van der Waals surface area contributed by atoms with Crippen molar-refractivity contribution in [3.63, 3.8) is 0 Å². The van der Waals surface area contributed by atoms with E-state index in [9.17, 15) is 9.59 Å². The minimum absolute atomic E-state index is 0.423. The van der Waals surface area contributed by atoms with Crippen LogP contribution in [0.15, 0.2) is 54.6 Å². The maximum Gasteiger partial charge on any atom is 0.347 e. The van der Waals surface area contributed by atoms with Crippen LogP contribution >= 0.6 is 0 Å². The highest BCUT2D eigenvalue weighted by molar-refractivity contribution is 5.95. The number of nitrogens with zero attached hydrogens (tertiary/aromatic N) is 1. The number of nitrogens with one attached hydrogen (secondary N) is 1. The number of carbonyl (C=O) groups is 2. The number of para-hydroxylation sites is 1. The van der Waals surface area contributed by atoms with E-state index in [4.69, 9.17) is 14.7 Å². The van der Waals surface area contributed by atoms with Gasteiger partial charge in [-0.15, -0.1) is 0 Å². The van der Waals surface area contributed by atoms with Crippen molar-refractivity contribution < 1.29 is 19.1 Å². The molecule has 1 amide bonds. The molecule has 0 heterocycles. The molecule has 1 N–H and O–H groups in total. The van der Waals surface area contributed by atoms with Gasteiger partial charge in [-0.05, 0) is 44.2 Å². The highest BCUT2D eigenvalue weighted by atomic mass is 16.6. The predicted molar refractivity (Wildman–Crippen MR) is 91.9 cm³/mol. The summed E-state index contributed by atoms with van der Waals surface area (Å²) in [5.41, 5.74) is 0.882. The first-order chi connectivity index (χ1) is 12.0. The second-order valence-corrected chi connectivity index (χ2v) is 5.33. The summed E-state index contributed by atoms with van der Waals surface area (Å²) in [7, 11) is 0. The van der Waals surface area contributed by atoms with Crippen LogP contribution in [0.4, 0.5) is 5.69 Å². The number of hydrogen-bond donors (Lipinski definition) is 1. The summed E-state index contributed by atoms with van der Waals surface area (Å²) in [5, 5.41) is 11.5. The molecule has 0 fully saturated rings. The largest absolute Gasteiger partial charge is 0.479 e. The molecule has 0 bridgehead atoms. The van der Waals surface area contributed by atoms with Crippen LogP contribution in [0.25, 0.3) is 0 Å². The van der Waals surface area contributed by atoms with E-state index in [2.05, 4.69) is 5.32 Å². The number of esters is 1. The topological polar surface area (TPSA) is 88.4 Å². The van der Waals surface area contributed by atoms with Gasteiger partial charge >= 0.3 is 5.97 Å². The maximum atomic E-state index is 12.1. The monoisotopic (exact) mass is 338 g/mol. The predicted octanol–water partition coefficient (Wildman–Crippen LogP) is 2.90. The zero-order valence-corrected chi connectivity index (χ0v) is 13.9. The van der Waals surface area contributed by atoms with Crippen molar-refractivity contribution in [1.82, 2.24) is 0 Å². The summed E-state index contributed by atoms with van der Waals surface area (Å²) in [4.78, 5) is 24.2. The summed E-state index contributed by atoms with van der Waals surface area (Å²) in [6, 6.07) is 17.3. The number of anilines is 1. The molecule has 0 aliphatic rings. The third-order valence-corrected chi connectivity index (χ3v) is 3.31. The molecule has 2 atom stereocenters. The van der Waals surface area contributed by atoms with Crippen LogP contribution in [0.2, 0.25) is 0 Å². The van der Waals surface area contributed by atoms with Crippen molar-refractivity contribution in [2.75, 3.05) is 5.32 Å². The Kier molecular flexibility index (Phi) is 6.13. The first-order valence-electron chi connectivity index (χ1n) is 7.73. The molecule has 0 saturated heterocycles. The molecule has 6 heteroatoms. The van der Waals surface area contributed by atoms with E-state index in [1.165, 1.54) is 13.0 Å². The van der Waals surface area contributed by atoms with E-state index >= 15 is 0 Å². The quantitative estimate of drug-likeness (QED) is 0.818. The van der Waals surface area contributed by atoms with Crippen LogP contribution in [-0.2, 0) is 14.3 Å². The molecule has 0 aliphatic heterocycles. The molecule has 0 aromatic heterocycles. The van der Waals surface area contributed by atoms with Crippen molar-refractivity contribution in [3.8, 4) is 11.8 Å². The second-order valence-electron chi connectivity index (χ2n) is 5.33. The van der Waals surface area contributed by atoms with Crippen LogP contribution in [0.3, 0.4) is 0 Å². The van der Waals surface area contributed by atoms with Crippen molar-refractivity contribution in [2.45, 2.75) is 26.1 Å². The number of rotatable bonds is 6. The molecule has 25 heavy (non-hydrogen) atoms. The highest BCUT2D eigenvalue weighted by Gasteiger charge is 2.23. The Labute approximate surface area is 146 Å². The Morgan fingerprint density at radius 1 is 1.04 bits per heavy atom. The Morgan fingerprint density at radius 2 is 1.76 bits per heavy atom. The number of carbonyl (C=O) groups excluding carboxylic acids is 2. The average Bonchev–Trinajstić information content (AvgIpc) is 2.62. The van der Waals surface area contributed by atoms with Crippen LogP contribution < -0.4 is 10.1 Å². The average molecular weight is 338 g/mol. The number of ether oxygens (including phenoxy) is 2. The summed E-state index contributed by atoms with van der Waals surface area (Å²) < 4.78 is 10.6. The molecule has 128 valence electrons. The van der Waals surface area contributed by atoms with E-state index in [0.717, 1.165) is 0 Å². The van der Waals surface area contributed by atoms with Gasteiger partial charge < -0.3 is 14.8 Å². The molecular weight excluding hydrogens is 320 g/mol. The Balaban J connectivity index is 1.89. The number of amides is 1. The standard InChI is InChI=1S/C19H18N2O4/c1-13(18(22)21-16-8-6-7-15(11-16)12-20)25-19(23)14(2)24-17-9-4-3-5-10-17/h3-11,13-14H,1-2H3,(H,21,22)/t13-,14+/m1/s1. The van der Waals surface area contributed by atoms with Gasteiger partial charge in [0.2, 0.25) is 0 Å². The van der Waals surface area contributed by atoms with E-state index in [0.29, 0.717) is 17.0 Å². The van der Waals surface area contributed by atoms with Crippen LogP contribution in [0.1, 0.15) is 19.4 Å².